The van der Waals surface area contributed by atoms with Gasteiger partial charge in [-0.1, -0.05) is 6.92 Å². The molecule has 1 aliphatic carbocycles. The Hall–Kier alpha value is -0.0800. The van der Waals surface area contributed by atoms with E-state index in [1.54, 1.807) is 0 Å². The molecule has 70 valence electrons. The van der Waals surface area contributed by atoms with Crippen LogP contribution in [-0.4, -0.2) is 25.8 Å². The molecule has 12 heavy (non-hydrogen) atoms. The Balaban J connectivity index is 1.73. The van der Waals surface area contributed by atoms with Gasteiger partial charge in [-0.2, -0.15) is 0 Å². The average molecular weight is 169 g/mol. The fourth-order valence-electron chi connectivity index (χ4n) is 1.72. The van der Waals surface area contributed by atoms with E-state index in [0.717, 1.165) is 19.3 Å². The van der Waals surface area contributed by atoms with Crippen LogP contribution in [0.3, 0.4) is 0 Å². The van der Waals surface area contributed by atoms with Crippen molar-refractivity contribution in [1.29, 1.82) is 0 Å². The topological polar surface area (TPSA) is 21.3 Å². The maximum absolute atomic E-state index is 5.36. The molecule has 0 amide bonds. The molecule has 2 fully saturated rings. The lowest BCUT2D eigenvalue weighted by atomic mass is 9.82. The molecule has 0 aromatic rings. The molecule has 2 rings (SSSR count). The van der Waals surface area contributed by atoms with E-state index in [1.807, 2.05) is 0 Å². The van der Waals surface area contributed by atoms with Crippen molar-refractivity contribution < 1.29 is 4.74 Å². The number of hydrogen-bond donors (Lipinski definition) is 1. The zero-order valence-electron chi connectivity index (χ0n) is 7.94. The summed E-state index contributed by atoms with van der Waals surface area (Å²) in [6.07, 6.45) is 5.25. The quantitative estimate of drug-likeness (QED) is 0.692. The molecular weight excluding hydrogens is 150 g/mol. The van der Waals surface area contributed by atoms with E-state index in [4.69, 9.17) is 4.74 Å². The van der Waals surface area contributed by atoms with Crippen LogP contribution < -0.4 is 5.32 Å². The highest BCUT2D eigenvalue weighted by molar-refractivity contribution is 4.86. The van der Waals surface area contributed by atoms with Gasteiger partial charge in [0.15, 0.2) is 0 Å². The van der Waals surface area contributed by atoms with Crippen LogP contribution in [0.1, 0.15) is 32.6 Å². The molecule has 0 spiro atoms. The van der Waals surface area contributed by atoms with Crippen molar-refractivity contribution >= 4 is 0 Å². The minimum absolute atomic E-state index is 0.515. The number of nitrogens with one attached hydrogen (secondary N) is 1. The molecule has 0 radical (unpaired) electrons. The van der Waals surface area contributed by atoms with E-state index in [1.165, 1.54) is 32.2 Å². The van der Waals surface area contributed by atoms with Crippen LogP contribution in [0.15, 0.2) is 0 Å². The summed E-state index contributed by atoms with van der Waals surface area (Å²) in [5, 5.41) is 3.61. The Labute approximate surface area is 74.7 Å². The maximum atomic E-state index is 5.36. The van der Waals surface area contributed by atoms with Crippen molar-refractivity contribution in [2.75, 3.05) is 19.8 Å². The van der Waals surface area contributed by atoms with Crippen LogP contribution in [0.5, 0.6) is 0 Å². The molecule has 0 aromatic heterocycles. The van der Waals surface area contributed by atoms with Crippen molar-refractivity contribution in [3.63, 3.8) is 0 Å². The summed E-state index contributed by atoms with van der Waals surface area (Å²) in [7, 11) is 0. The Morgan fingerprint density at radius 1 is 1.33 bits per heavy atom. The van der Waals surface area contributed by atoms with Gasteiger partial charge in [0, 0.05) is 25.8 Å². The summed E-state index contributed by atoms with van der Waals surface area (Å²) < 4.78 is 5.36. The second-order valence-electron chi connectivity index (χ2n) is 4.58. The van der Waals surface area contributed by atoms with Crippen molar-refractivity contribution in [2.24, 2.45) is 5.41 Å². The molecule has 1 aliphatic heterocycles. The van der Waals surface area contributed by atoms with E-state index in [0.29, 0.717) is 5.41 Å². The molecule has 0 aromatic carbocycles. The van der Waals surface area contributed by atoms with E-state index in [-0.39, 0.29) is 0 Å². The molecule has 2 nitrogen and oxygen atoms in total. The predicted molar refractivity (Wildman–Crippen MR) is 49.2 cm³/mol. The first-order valence-corrected chi connectivity index (χ1v) is 5.10. The molecule has 2 heteroatoms. The molecule has 0 unspecified atom stereocenters. The van der Waals surface area contributed by atoms with Crippen molar-refractivity contribution in [3.8, 4) is 0 Å². The van der Waals surface area contributed by atoms with Crippen LogP contribution in [0.2, 0.25) is 0 Å². The highest BCUT2D eigenvalue weighted by Crippen LogP contribution is 2.30. The van der Waals surface area contributed by atoms with Crippen LogP contribution in [-0.2, 0) is 4.74 Å². The lowest BCUT2D eigenvalue weighted by molar-refractivity contribution is 0.0240. The lowest BCUT2D eigenvalue weighted by Gasteiger charge is -2.33. The molecule has 0 bridgehead atoms. The first kappa shape index (κ1) is 8.52. The van der Waals surface area contributed by atoms with E-state index >= 15 is 0 Å². The van der Waals surface area contributed by atoms with Crippen LogP contribution >= 0.6 is 0 Å². The minimum atomic E-state index is 0.515. The second-order valence-corrected chi connectivity index (χ2v) is 4.58. The molecule has 1 heterocycles. The Morgan fingerprint density at radius 3 is 2.58 bits per heavy atom. The molecule has 1 saturated carbocycles. The standard InChI is InChI=1S/C10H19NO/c1-10(4-6-12-7-5-10)8-11-9-2-3-9/h9,11H,2-8H2,1H3. The zero-order valence-corrected chi connectivity index (χ0v) is 7.94. The van der Waals surface area contributed by atoms with Gasteiger partial charge in [0.2, 0.25) is 0 Å². The van der Waals surface area contributed by atoms with E-state index < -0.39 is 0 Å². The Kier molecular flexibility index (Phi) is 2.37. The number of rotatable bonds is 3. The van der Waals surface area contributed by atoms with Gasteiger partial charge in [0.25, 0.3) is 0 Å². The van der Waals surface area contributed by atoms with Gasteiger partial charge in [-0.15, -0.1) is 0 Å². The molecule has 1 saturated heterocycles. The van der Waals surface area contributed by atoms with Gasteiger partial charge in [0.1, 0.15) is 0 Å². The Morgan fingerprint density at radius 2 is 2.00 bits per heavy atom. The SMILES string of the molecule is CC1(CNC2CC2)CCOCC1. The van der Waals surface area contributed by atoms with Gasteiger partial charge in [-0.3, -0.25) is 0 Å². The van der Waals surface area contributed by atoms with Crippen molar-refractivity contribution in [2.45, 2.75) is 38.6 Å². The highest BCUT2D eigenvalue weighted by atomic mass is 16.5. The monoisotopic (exact) mass is 169 g/mol. The summed E-state index contributed by atoms with van der Waals surface area (Å²) in [5.41, 5.74) is 0.515. The first-order chi connectivity index (χ1) is 5.79. The largest absolute Gasteiger partial charge is 0.381 e. The predicted octanol–water partition coefficient (Wildman–Crippen LogP) is 1.56. The summed E-state index contributed by atoms with van der Waals surface area (Å²) in [4.78, 5) is 0. The normalized spacial score (nSPS) is 28.8. The average Bonchev–Trinajstić information content (AvgIpc) is 2.85. The van der Waals surface area contributed by atoms with Crippen LogP contribution in [0, 0.1) is 5.41 Å². The smallest absolute Gasteiger partial charge is 0.0471 e. The molecular formula is C10H19NO. The van der Waals surface area contributed by atoms with Crippen molar-refractivity contribution in [3.05, 3.63) is 0 Å². The number of hydrogen-bond acceptors (Lipinski definition) is 2. The van der Waals surface area contributed by atoms with Crippen LogP contribution in [0.4, 0.5) is 0 Å². The third-order valence-corrected chi connectivity index (χ3v) is 3.09. The summed E-state index contributed by atoms with van der Waals surface area (Å²) in [6.45, 7) is 5.50. The minimum Gasteiger partial charge on any atom is -0.381 e. The third kappa shape index (κ3) is 2.20. The third-order valence-electron chi connectivity index (χ3n) is 3.09. The van der Waals surface area contributed by atoms with E-state index in [9.17, 15) is 0 Å². The van der Waals surface area contributed by atoms with Gasteiger partial charge >= 0.3 is 0 Å². The van der Waals surface area contributed by atoms with Gasteiger partial charge in [-0.05, 0) is 31.1 Å². The Bertz CT molecular complexity index is 148. The van der Waals surface area contributed by atoms with Crippen LogP contribution in [0.25, 0.3) is 0 Å². The lowest BCUT2D eigenvalue weighted by Crippen LogP contribution is -2.37. The number of ether oxygens (including phenoxy) is 1. The fraction of sp³-hybridized carbons (Fsp3) is 1.00. The summed E-state index contributed by atoms with van der Waals surface area (Å²) in [6, 6.07) is 0.852. The highest BCUT2D eigenvalue weighted by Gasteiger charge is 2.30. The van der Waals surface area contributed by atoms with Gasteiger partial charge in [-0.25, -0.2) is 0 Å². The fourth-order valence-corrected chi connectivity index (χ4v) is 1.72. The van der Waals surface area contributed by atoms with Gasteiger partial charge < -0.3 is 10.1 Å². The van der Waals surface area contributed by atoms with E-state index in [2.05, 4.69) is 12.2 Å². The van der Waals surface area contributed by atoms with Gasteiger partial charge in [0.05, 0.1) is 0 Å². The maximum Gasteiger partial charge on any atom is 0.0471 e. The molecule has 1 N–H and O–H groups in total. The molecule has 2 aliphatic rings. The zero-order chi connectivity index (χ0) is 8.44. The second kappa shape index (κ2) is 3.35. The first-order valence-electron chi connectivity index (χ1n) is 5.10. The summed E-state index contributed by atoms with van der Waals surface area (Å²) in [5.74, 6) is 0. The summed E-state index contributed by atoms with van der Waals surface area (Å²) >= 11 is 0. The molecule has 0 atom stereocenters. The van der Waals surface area contributed by atoms with Crippen molar-refractivity contribution in [1.82, 2.24) is 5.32 Å².